The number of hydrogen-bond acceptors (Lipinski definition) is 3. The third-order valence-electron chi connectivity index (χ3n) is 4.88. The van der Waals surface area contributed by atoms with E-state index in [0.717, 1.165) is 10.9 Å². The highest BCUT2D eigenvalue weighted by Gasteiger charge is 2.24. The molecule has 4 aromatic rings. The van der Waals surface area contributed by atoms with Crippen LogP contribution in [0.2, 0.25) is 0 Å². The second-order valence-electron chi connectivity index (χ2n) is 6.73. The van der Waals surface area contributed by atoms with Gasteiger partial charge < -0.3 is 5.11 Å². The predicted molar refractivity (Wildman–Crippen MR) is 112 cm³/mol. The van der Waals surface area contributed by atoms with Crippen molar-refractivity contribution in [2.75, 3.05) is 0 Å². The molecule has 0 aliphatic heterocycles. The molecule has 0 saturated heterocycles. The van der Waals surface area contributed by atoms with Gasteiger partial charge in [-0.3, -0.25) is 4.79 Å². The Hall–Kier alpha value is -3.38. The van der Waals surface area contributed by atoms with Crippen molar-refractivity contribution in [1.29, 1.82) is 0 Å². The Morgan fingerprint density at radius 2 is 1.52 bits per heavy atom. The lowest BCUT2D eigenvalue weighted by Gasteiger charge is -2.12. The quantitative estimate of drug-likeness (QED) is 0.510. The van der Waals surface area contributed by atoms with Gasteiger partial charge >= 0.3 is 5.97 Å². The number of benzene rings is 3. The number of rotatable bonds is 6. The molecule has 1 N–H and O–H groups in total. The average molecular weight is 405 g/mol. The van der Waals surface area contributed by atoms with Gasteiger partial charge in [0.05, 0.1) is 10.4 Å². The molecule has 3 aromatic carbocycles. The van der Waals surface area contributed by atoms with Gasteiger partial charge in [-0.2, -0.15) is 0 Å². The minimum Gasteiger partial charge on any atom is -0.481 e. The normalized spacial score (nSPS) is 11.6. The lowest BCUT2D eigenvalue weighted by Crippen LogP contribution is -2.13. The molecule has 0 atom stereocenters. The fraction of sp³-hybridized carbons (Fsp3) is 0.0870. The van der Waals surface area contributed by atoms with Gasteiger partial charge in [0, 0.05) is 23.6 Å². The third kappa shape index (κ3) is 3.54. The fourth-order valence-electron chi connectivity index (χ4n) is 3.51. The van der Waals surface area contributed by atoms with Crippen molar-refractivity contribution in [3.05, 3.63) is 90.6 Å². The van der Waals surface area contributed by atoms with Crippen molar-refractivity contribution in [2.24, 2.45) is 0 Å². The Bertz CT molecular complexity index is 1290. The van der Waals surface area contributed by atoms with Gasteiger partial charge in [-0.25, -0.2) is 12.4 Å². The smallest absolute Gasteiger partial charge is 0.303 e. The van der Waals surface area contributed by atoms with Gasteiger partial charge in [-0.1, -0.05) is 66.7 Å². The Balaban J connectivity index is 1.90. The van der Waals surface area contributed by atoms with E-state index in [4.69, 9.17) is 5.11 Å². The third-order valence-corrected chi connectivity index (χ3v) is 6.61. The lowest BCUT2D eigenvalue weighted by molar-refractivity contribution is -0.136. The van der Waals surface area contributed by atoms with Crippen LogP contribution in [0.4, 0.5) is 0 Å². The Labute approximate surface area is 168 Å². The van der Waals surface area contributed by atoms with Crippen LogP contribution in [0.15, 0.2) is 90.0 Å². The highest BCUT2D eigenvalue weighted by Crippen LogP contribution is 2.32. The molecule has 0 unspecified atom stereocenters. The van der Waals surface area contributed by atoms with Crippen molar-refractivity contribution in [3.63, 3.8) is 0 Å². The number of carboxylic acids is 1. The summed E-state index contributed by atoms with van der Waals surface area (Å²) in [7, 11) is -3.89. The van der Waals surface area contributed by atoms with Gasteiger partial charge in [0.1, 0.15) is 0 Å². The maximum absolute atomic E-state index is 13.6. The first-order valence-corrected chi connectivity index (χ1v) is 10.6. The van der Waals surface area contributed by atoms with Gasteiger partial charge in [-0.15, -0.1) is 0 Å². The van der Waals surface area contributed by atoms with Crippen LogP contribution >= 0.6 is 0 Å². The summed E-state index contributed by atoms with van der Waals surface area (Å²) >= 11 is 0. The second-order valence-corrected chi connectivity index (χ2v) is 8.51. The summed E-state index contributed by atoms with van der Waals surface area (Å²) in [4.78, 5) is 11.2. The summed E-state index contributed by atoms with van der Waals surface area (Å²) in [5.41, 5.74) is 2.67. The number of hydrogen-bond donors (Lipinski definition) is 1. The maximum atomic E-state index is 13.6. The molecule has 5 nitrogen and oxygen atoms in total. The molecule has 1 aromatic heterocycles. The number of carbonyl (C=O) groups is 1. The number of aryl methyl sites for hydroxylation is 1. The highest BCUT2D eigenvalue weighted by molar-refractivity contribution is 7.90. The standard InChI is InChI=1S/C23H19NO4S/c25-23(26)15-14-18-16-24(21-12-6-4-10-19(18)21)29(27,28)22-13-7-5-11-20(22)17-8-2-1-3-9-17/h1-13,16H,14-15H2,(H,25,26). The van der Waals surface area contributed by atoms with E-state index in [0.29, 0.717) is 16.6 Å². The second kappa shape index (κ2) is 7.56. The monoisotopic (exact) mass is 405 g/mol. The summed E-state index contributed by atoms with van der Waals surface area (Å²) in [6, 6.07) is 23.4. The van der Waals surface area contributed by atoms with Crippen LogP contribution in [0.25, 0.3) is 22.0 Å². The Morgan fingerprint density at radius 3 is 2.28 bits per heavy atom. The summed E-state index contributed by atoms with van der Waals surface area (Å²) in [6.45, 7) is 0. The molecule has 0 aliphatic carbocycles. The molecule has 0 amide bonds. The van der Waals surface area contributed by atoms with Crippen LogP contribution in [-0.4, -0.2) is 23.5 Å². The van der Waals surface area contributed by atoms with Gasteiger partial charge in [0.25, 0.3) is 10.0 Å². The van der Waals surface area contributed by atoms with Crippen molar-refractivity contribution in [3.8, 4) is 11.1 Å². The largest absolute Gasteiger partial charge is 0.481 e. The molecule has 146 valence electrons. The number of fused-ring (bicyclic) bond motifs is 1. The molecule has 0 aliphatic rings. The summed E-state index contributed by atoms with van der Waals surface area (Å²) in [5, 5.41) is 9.77. The van der Waals surface area contributed by atoms with Crippen LogP contribution in [0.1, 0.15) is 12.0 Å². The minimum absolute atomic E-state index is 0.0609. The van der Waals surface area contributed by atoms with Crippen molar-refractivity contribution in [1.82, 2.24) is 3.97 Å². The van der Waals surface area contributed by atoms with Crippen LogP contribution in [-0.2, 0) is 21.2 Å². The first-order chi connectivity index (χ1) is 14.0. The average Bonchev–Trinajstić information content (AvgIpc) is 3.12. The van der Waals surface area contributed by atoms with Crippen molar-refractivity contribution < 1.29 is 18.3 Å². The van der Waals surface area contributed by atoms with E-state index in [1.165, 1.54) is 3.97 Å². The zero-order valence-electron chi connectivity index (χ0n) is 15.5. The van der Waals surface area contributed by atoms with E-state index in [9.17, 15) is 13.2 Å². The van der Waals surface area contributed by atoms with Gasteiger partial charge in [-0.05, 0) is 29.7 Å². The fourth-order valence-corrected chi connectivity index (χ4v) is 5.12. The zero-order chi connectivity index (χ0) is 20.4. The van der Waals surface area contributed by atoms with E-state index in [-0.39, 0.29) is 17.7 Å². The number of carboxylic acid groups (broad SMARTS) is 1. The number of para-hydroxylation sites is 1. The molecule has 0 bridgehead atoms. The molecule has 0 fully saturated rings. The maximum Gasteiger partial charge on any atom is 0.303 e. The van der Waals surface area contributed by atoms with E-state index >= 15 is 0 Å². The van der Waals surface area contributed by atoms with E-state index in [1.807, 2.05) is 48.5 Å². The molecular weight excluding hydrogens is 386 g/mol. The molecule has 4 rings (SSSR count). The predicted octanol–water partition coefficient (Wildman–Crippen LogP) is 4.56. The van der Waals surface area contributed by atoms with E-state index < -0.39 is 16.0 Å². The summed E-state index contributed by atoms with van der Waals surface area (Å²) in [6.07, 6.45) is 1.75. The molecular formula is C23H19NO4S. The van der Waals surface area contributed by atoms with Crippen LogP contribution < -0.4 is 0 Å². The van der Waals surface area contributed by atoms with Crippen LogP contribution in [0.3, 0.4) is 0 Å². The van der Waals surface area contributed by atoms with Gasteiger partial charge in [0.2, 0.25) is 0 Å². The molecule has 1 heterocycles. The van der Waals surface area contributed by atoms with Crippen LogP contribution in [0.5, 0.6) is 0 Å². The van der Waals surface area contributed by atoms with Crippen molar-refractivity contribution >= 4 is 26.9 Å². The topological polar surface area (TPSA) is 76.4 Å². The zero-order valence-corrected chi connectivity index (χ0v) is 16.3. The molecule has 0 radical (unpaired) electrons. The van der Waals surface area contributed by atoms with Crippen molar-refractivity contribution in [2.45, 2.75) is 17.7 Å². The Kier molecular flexibility index (Phi) is 4.94. The molecule has 0 saturated carbocycles. The molecule has 6 heteroatoms. The SMILES string of the molecule is O=C(O)CCc1cn(S(=O)(=O)c2ccccc2-c2ccccc2)c2ccccc12. The summed E-state index contributed by atoms with van der Waals surface area (Å²) in [5.74, 6) is -0.917. The minimum atomic E-state index is -3.89. The molecule has 0 spiro atoms. The number of aromatic nitrogens is 1. The van der Waals surface area contributed by atoms with Gasteiger partial charge in [0.15, 0.2) is 0 Å². The highest BCUT2D eigenvalue weighted by atomic mass is 32.2. The van der Waals surface area contributed by atoms with E-state index in [2.05, 4.69) is 0 Å². The first kappa shape index (κ1) is 19.0. The first-order valence-electron chi connectivity index (χ1n) is 9.19. The Morgan fingerprint density at radius 1 is 0.862 bits per heavy atom. The lowest BCUT2D eigenvalue weighted by atomic mass is 10.1. The summed E-state index contributed by atoms with van der Waals surface area (Å²) < 4.78 is 28.5. The number of nitrogens with zero attached hydrogens (tertiary/aromatic N) is 1. The molecule has 29 heavy (non-hydrogen) atoms. The number of aliphatic carboxylic acids is 1. The van der Waals surface area contributed by atoms with E-state index in [1.54, 1.807) is 36.5 Å². The van der Waals surface area contributed by atoms with Crippen LogP contribution in [0, 0.1) is 0 Å².